The van der Waals surface area contributed by atoms with Gasteiger partial charge in [0, 0.05) is 26.3 Å². The molecule has 0 saturated heterocycles. The number of rotatable bonds is 5. The summed E-state index contributed by atoms with van der Waals surface area (Å²) in [4.78, 5) is 28.2. The average Bonchev–Trinajstić information content (AvgIpc) is 2.98. The van der Waals surface area contributed by atoms with Gasteiger partial charge < -0.3 is 15.3 Å². The third-order valence-electron chi connectivity index (χ3n) is 3.84. The van der Waals surface area contributed by atoms with Crippen molar-refractivity contribution in [2.24, 2.45) is 5.92 Å². The number of hydrogen-bond donors (Lipinski definition) is 2. The Balaban J connectivity index is 1.78. The number of pyridine rings is 1. The third-order valence-corrected chi connectivity index (χ3v) is 3.84. The van der Waals surface area contributed by atoms with Crippen LogP contribution in [0.4, 0.5) is 4.79 Å². The predicted octanol–water partition coefficient (Wildman–Crippen LogP) is 2.11. The van der Waals surface area contributed by atoms with Crippen LogP contribution >= 0.6 is 0 Å². The first kappa shape index (κ1) is 15.3. The molecule has 2 N–H and O–H groups in total. The molecule has 2 amide bonds. The van der Waals surface area contributed by atoms with E-state index in [4.69, 9.17) is 5.11 Å². The third kappa shape index (κ3) is 4.44. The summed E-state index contributed by atoms with van der Waals surface area (Å²) in [6.07, 6.45) is 6.42. The summed E-state index contributed by atoms with van der Waals surface area (Å²) in [6.45, 7) is 1.14. The highest BCUT2D eigenvalue weighted by molar-refractivity contribution is 5.85. The van der Waals surface area contributed by atoms with Crippen LogP contribution in [0.3, 0.4) is 0 Å². The van der Waals surface area contributed by atoms with E-state index in [2.05, 4.69) is 10.3 Å². The van der Waals surface area contributed by atoms with Gasteiger partial charge in [0.25, 0.3) is 0 Å². The van der Waals surface area contributed by atoms with Gasteiger partial charge in [-0.25, -0.2) is 14.6 Å². The maximum atomic E-state index is 12.0. The number of hydrogen-bond acceptors (Lipinski definition) is 3. The topological polar surface area (TPSA) is 82.5 Å². The van der Waals surface area contributed by atoms with E-state index >= 15 is 0 Å². The van der Waals surface area contributed by atoms with Gasteiger partial charge in [-0.2, -0.15) is 0 Å². The zero-order valence-corrected chi connectivity index (χ0v) is 12.2. The van der Waals surface area contributed by atoms with E-state index in [0.717, 1.165) is 12.1 Å². The number of urea groups is 1. The number of aromatic carboxylic acids is 1. The maximum absolute atomic E-state index is 12.0. The standard InChI is InChI=1S/C15H21N3O3/c1-18(10-11-4-2-3-5-11)15(21)17-9-12-6-7-13(14(19)20)16-8-12/h6-8,11H,2-5,9-10H2,1H3,(H,17,21)(H,19,20). The fraction of sp³-hybridized carbons (Fsp3) is 0.533. The van der Waals surface area contributed by atoms with Crippen LogP contribution in [-0.2, 0) is 6.54 Å². The van der Waals surface area contributed by atoms with Crippen molar-refractivity contribution in [1.29, 1.82) is 0 Å². The van der Waals surface area contributed by atoms with Crippen molar-refractivity contribution >= 4 is 12.0 Å². The molecule has 21 heavy (non-hydrogen) atoms. The lowest BCUT2D eigenvalue weighted by molar-refractivity contribution is 0.0690. The Kier molecular flexibility index (Phi) is 5.14. The minimum absolute atomic E-state index is 0.00317. The Morgan fingerprint density at radius 2 is 2.10 bits per heavy atom. The monoisotopic (exact) mass is 291 g/mol. The van der Waals surface area contributed by atoms with Crippen LogP contribution in [0, 0.1) is 5.92 Å². The van der Waals surface area contributed by atoms with E-state index in [1.807, 2.05) is 0 Å². The summed E-state index contributed by atoms with van der Waals surface area (Å²) in [5, 5.41) is 11.6. The number of carbonyl (C=O) groups is 2. The van der Waals surface area contributed by atoms with E-state index in [0.29, 0.717) is 12.5 Å². The lowest BCUT2D eigenvalue weighted by atomic mass is 10.1. The van der Waals surface area contributed by atoms with Gasteiger partial charge in [0.2, 0.25) is 0 Å². The quantitative estimate of drug-likeness (QED) is 0.870. The highest BCUT2D eigenvalue weighted by Gasteiger charge is 2.19. The normalized spacial score (nSPS) is 14.9. The smallest absolute Gasteiger partial charge is 0.354 e. The van der Waals surface area contributed by atoms with E-state index in [-0.39, 0.29) is 11.7 Å². The zero-order valence-electron chi connectivity index (χ0n) is 12.2. The summed E-state index contributed by atoms with van der Waals surface area (Å²) >= 11 is 0. The van der Waals surface area contributed by atoms with Gasteiger partial charge in [-0.15, -0.1) is 0 Å². The Hall–Kier alpha value is -2.11. The molecule has 0 aliphatic heterocycles. The van der Waals surface area contributed by atoms with Crippen LogP contribution in [0.1, 0.15) is 41.7 Å². The van der Waals surface area contributed by atoms with Gasteiger partial charge in [0.1, 0.15) is 5.69 Å². The lowest BCUT2D eigenvalue weighted by Crippen LogP contribution is -2.39. The largest absolute Gasteiger partial charge is 0.477 e. The molecule has 0 unspecified atom stereocenters. The summed E-state index contributed by atoms with van der Waals surface area (Å²) in [7, 11) is 1.80. The molecule has 1 saturated carbocycles. The number of carboxylic acid groups (broad SMARTS) is 1. The second-order valence-electron chi connectivity index (χ2n) is 5.55. The number of nitrogens with zero attached hydrogens (tertiary/aromatic N) is 2. The van der Waals surface area contributed by atoms with Gasteiger partial charge in [-0.05, 0) is 30.4 Å². The molecule has 0 radical (unpaired) electrons. The van der Waals surface area contributed by atoms with Crippen LogP contribution in [0.15, 0.2) is 18.3 Å². The first-order chi connectivity index (χ1) is 10.1. The van der Waals surface area contributed by atoms with Crippen LogP contribution in [-0.4, -0.2) is 40.6 Å². The van der Waals surface area contributed by atoms with Gasteiger partial charge in [0.15, 0.2) is 0 Å². The SMILES string of the molecule is CN(CC1CCCC1)C(=O)NCc1ccc(C(=O)O)nc1. The number of nitrogens with one attached hydrogen (secondary N) is 1. The molecule has 0 bridgehead atoms. The predicted molar refractivity (Wildman–Crippen MR) is 78.0 cm³/mol. The van der Waals surface area contributed by atoms with E-state index in [1.165, 1.54) is 37.9 Å². The van der Waals surface area contributed by atoms with Crippen molar-refractivity contribution in [3.05, 3.63) is 29.6 Å². The molecule has 1 aromatic heterocycles. The van der Waals surface area contributed by atoms with Crippen molar-refractivity contribution < 1.29 is 14.7 Å². The van der Waals surface area contributed by atoms with Crippen molar-refractivity contribution in [3.8, 4) is 0 Å². The number of amides is 2. The zero-order chi connectivity index (χ0) is 15.2. The Morgan fingerprint density at radius 1 is 1.38 bits per heavy atom. The first-order valence-electron chi connectivity index (χ1n) is 7.23. The number of carboxylic acids is 1. The first-order valence-corrected chi connectivity index (χ1v) is 7.23. The summed E-state index contributed by atoms with van der Waals surface area (Å²) in [5.41, 5.74) is 0.783. The van der Waals surface area contributed by atoms with Crippen molar-refractivity contribution in [1.82, 2.24) is 15.2 Å². The van der Waals surface area contributed by atoms with Gasteiger partial charge >= 0.3 is 12.0 Å². The molecule has 2 rings (SSSR count). The summed E-state index contributed by atoms with van der Waals surface area (Å²) < 4.78 is 0. The van der Waals surface area contributed by atoms with Crippen molar-refractivity contribution in [2.75, 3.05) is 13.6 Å². The summed E-state index contributed by atoms with van der Waals surface area (Å²) in [5.74, 6) is -0.431. The molecule has 1 fully saturated rings. The van der Waals surface area contributed by atoms with Gasteiger partial charge in [-0.1, -0.05) is 18.9 Å². The Labute approximate surface area is 124 Å². The molecule has 6 heteroatoms. The molecule has 1 heterocycles. The minimum atomic E-state index is -1.05. The van der Waals surface area contributed by atoms with E-state index in [1.54, 1.807) is 18.0 Å². The average molecular weight is 291 g/mol. The minimum Gasteiger partial charge on any atom is -0.477 e. The lowest BCUT2D eigenvalue weighted by Gasteiger charge is -2.21. The number of aromatic nitrogens is 1. The fourth-order valence-electron chi connectivity index (χ4n) is 2.63. The highest BCUT2D eigenvalue weighted by atomic mass is 16.4. The van der Waals surface area contributed by atoms with Crippen molar-refractivity contribution in [2.45, 2.75) is 32.2 Å². The Morgan fingerprint density at radius 3 is 2.67 bits per heavy atom. The molecular weight excluding hydrogens is 270 g/mol. The molecule has 1 aliphatic rings. The molecular formula is C15H21N3O3. The van der Waals surface area contributed by atoms with E-state index in [9.17, 15) is 9.59 Å². The molecule has 0 atom stereocenters. The molecule has 0 spiro atoms. The van der Waals surface area contributed by atoms with Crippen LogP contribution in [0.2, 0.25) is 0 Å². The van der Waals surface area contributed by atoms with Gasteiger partial charge in [0.05, 0.1) is 0 Å². The maximum Gasteiger partial charge on any atom is 0.354 e. The van der Waals surface area contributed by atoms with Crippen LogP contribution < -0.4 is 5.32 Å². The van der Waals surface area contributed by atoms with Crippen LogP contribution in [0.25, 0.3) is 0 Å². The molecule has 0 aromatic carbocycles. The molecule has 114 valence electrons. The fourth-order valence-corrected chi connectivity index (χ4v) is 2.63. The molecule has 1 aromatic rings. The Bertz CT molecular complexity index is 495. The van der Waals surface area contributed by atoms with E-state index < -0.39 is 5.97 Å². The highest BCUT2D eigenvalue weighted by Crippen LogP contribution is 2.25. The number of carbonyl (C=O) groups excluding carboxylic acids is 1. The second-order valence-corrected chi connectivity index (χ2v) is 5.55. The van der Waals surface area contributed by atoms with Crippen LogP contribution in [0.5, 0.6) is 0 Å². The van der Waals surface area contributed by atoms with Gasteiger partial charge in [-0.3, -0.25) is 0 Å². The van der Waals surface area contributed by atoms with Crippen molar-refractivity contribution in [3.63, 3.8) is 0 Å². The summed E-state index contributed by atoms with van der Waals surface area (Å²) in [6, 6.07) is 2.99. The molecule has 6 nitrogen and oxygen atoms in total. The molecule has 1 aliphatic carbocycles. The second kappa shape index (κ2) is 7.06.